The van der Waals surface area contributed by atoms with Crippen LogP contribution in [-0.2, 0) is 6.42 Å². The van der Waals surface area contributed by atoms with Crippen LogP contribution in [0.2, 0.25) is 0 Å². The van der Waals surface area contributed by atoms with Gasteiger partial charge in [0.05, 0.1) is 6.10 Å². The number of hydrogen-bond donors (Lipinski definition) is 1. The lowest BCUT2D eigenvalue weighted by molar-refractivity contribution is 0.191. The van der Waals surface area contributed by atoms with E-state index in [9.17, 15) is 5.11 Å². The Morgan fingerprint density at radius 1 is 1.50 bits per heavy atom. The molecule has 1 atom stereocenters. The summed E-state index contributed by atoms with van der Waals surface area (Å²) in [6, 6.07) is 2.32. The van der Waals surface area contributed by atoms with Gasteiger partial charge in [0.25, 0.3) is 0 Å². The van der Waals surface area contributed by atoms with Gasteiger partial charge in [0.2, 0.25) is 0 Å². The molecule has 0 saturated heterocycles. The molecule has 12 heavy (non-hydrogen) atoms. The molecule has 0 amide bonds. The van der Waals surface area contributed by atoms with E-state index in [-0.39, 0.29) is 6.10 Å². The maximum atomic E-state index is 9.19. The van der Waals surface area contributed by atoms with Gasteiger partial charge in [-0.2, -0.15) is 5.10 Å². The topological polar surface area (TPSA) is 38.0 Å². The molecule has 1 aromatic rings. The first-order chi connectivity index (χ1) is 5.61. The number of aliphatic hydroxyl groups is 1. The summed E-state index contributed by atoms with van der Waals surface area (Å²) in [7, 11) is 0. The van der Waals surface area contributed by atoms with E-state index in [4.69, 9.17) is 0 Å². The van der Waals surface area contributed by atoms with E-state index in [1.165, 1.54) is 0 Å². The van der Waals surface area contributed by atoms with Gasteiger partial charge in [-0.25, -0.2) is 0 Å². The molecule has 0 aliphatic rings. The molecule has 0 unspecified atom stereocenters. The van der Waals surface area contributed by atoms with Crippen molar-refractivity contribution in [1.29, 1.82) is 0 Å². The molecule has 3 nitrogen and oxygen atoms in total. The highest BCUT2D eigenvalue weighted by molar-refractivity contribution is 5.02. The Bertz CT molecular complexity index is 240. The van der Waals surface area contributed by atoms with Crippen LogP contribution >= 0.6 is 0 Å². The summed E-state index contributed by atoms with van der Waals surface area (Å²) in [4.78, 5) is 0. The highest BCUT2D eigenvalue weighted by atomic mass is 16.3. The van der Waals surface area contributed by atoms with Gasteiger partial charge in [0.15, 0.2) is 0 Å². The molecule has 1 rings (SSSR count). The Morgan fingerprint density at radius 2 is 2.17 bits per heavy atom. The summed E-state index contributed by atoms with van der Waals surface area (Å²) < 4.78 is 1.94. The van der Waals surface area contributed by atoms with Crippen molar-refractivity contribution in [2.24, 2.45) is 0 Å². The van der Waals surface area contributed by atoms with Crippen LogP contribution in [-0.4, -0.2) is 21.0 Å². The fourth-order valence-corrected chi connectivity index (χ4v) is 1.27. The Hall–Kier alpha value is -0.830. The summed E-state index contributed by atoms with van der Waals surface area (Å²) in [6.45, 7) is 5.95. The van der Waals surface area contributed by atoms with Gasteiger partial charge < -0.3 is 5.11 Å². The molecule has 0 aliphatic heterocycles. The molecule has 1 N–H and O–H groups in total. The van der Waals surface area contributed by atoms with E-state index in [1.54, 1.807) is 13.1 Å². The van der Waals surface area contributed by atoms with Crippen molar-refractivity contribution in [1.82, 2.24) is 9.78 Å². The molecule has 3 heteroatoms. The fourth-order valence-electron chi connectivity index (χ4n) is 1.27. The third-order valence-electron chi connectivity index (χ3n) is 1.75. The van der Waals surface area contributed by atoms with Gasteiger partial charge in [-0.1, -0.05) is 0 Å². The third kappa shape index (κ3) is 2.08. The van der Waals surface area contributed by atoms with E-state index < -0.39 is 0 Å². The predicted octanol–water partition coefficient (Wildman–Crippen LogP) is 1.39. The molecular weight excluding hydrogens is 152 g/mol. The zero-order chi connectivity index (χ0) is 9.14. The Morgan fingerprint density at radius 3 is 2.67 bits per heavy atom. The number of nitrogens with zero attached hydrogens (tertiary/aromatic N) is 2. The summed E-state index contributed by atoms with van der Waals surface area (Å²) in [5.41, 5.74) is 1.10. The maximum Gasteiger partial charge on any atom is 0.0567 e. The van der Waals surface area contributed by atoms with Gasteiger partial charge in [-0.3, -0.25) is 4.68 Å². The zero-order valence-corrected chi connectivity index (χ0v) is 7.86. The van der Waals surface area contributed by atoms with Crippen LogP contribution in [0.5, 0.6) is 0 Å². The smallest absolute Gasteiger partial charge is 0.0567 e. The standard InChI is InChI=1S/C9H16N2O/c1-7(2)11-9(4-5-10-11)6-8(3)12/h4-5,7-8,12H,6H2,1-3H3/t8-/m1/s1. The summed E-state index contributed by atoms with van der Waals surface area (Å²) in [6.07, 6.45) is 2.16. The Labute approximate surface area is 73.0 Å². The second kappa shape index (κ2) is 3.72. The van der Waals surface area contributed by atoms with E-state index in [1.807, 2.05) is 10.7 Å². The molecule has 0 spiro atoms. The van der Waals surface area contributed by atoms with Crippen LogP contribution in [0.25, 0.3) is 0 Å². The summed E-state index contributed by atoms with van der Waals surface area (Å²) >= 11 is 0. The molecule has 1 heterocycles. The molecule has 0 radical (unpaired) electrons. The van der Waals surface area contributed by atoms with E-state index >= 15 is 0 Å². The van der Waals surface area contributed by atoms with Crippen molar-refractivity contribution in [3.8, 4) is 0 Å². The number of aliphatic hydroxyl groups excluding tert-OH is 1. The molecule has 68 valence electrons. The first-order valence-electron chi connectivity index (χ1n) is 4.31. The van der Waals surface area contributed by atoms with Gasteiger partial charge in [-0.05, 0) is 26.8 Å². The Balaban J connectivity index is 2.77. The minimum absolute atomic E-state index is 0.292. The average molecular weight is 168 g/mol. The highest BCUT2D eigenvalue weighted by Gasteiger charge is 2.07. The van der Waals surface area contributed by atoms with Crippen molar-refractivity contribution in [2.75, 3.05) is 0 Å². The molecule has 0 saturated carbocycles. The molecule has 1 aromatic heterocycles. The van der Waals surface area contributed by atoms with E-state index in [0.717, 1.165) is 5.69 Å². The maximum absolute atomic E-state index is 9.19. The predicted molar refractivity (Wildman–Crippen MR) is 48.0 cm³/mol. The van der Waals surface area contributed by atoms with E-state index in [2.05, 4.69) is 18.9 Å². The van der Waals surface area contributed by atoms with Gasteiger partial charge in [0.1, 0.15) is 0 Å². The normalized spacial score (nSPS) is 13.8. The summed E-state index contributed by atoms with van der Waals surface area (Å²) in [5.74, 6) is 0. The minimum Gasteiger partial charge on any atom is -0.393 e. The van der Waals surface area contributed by atoms with Crippen LogP contribution < -0.4 is 0 Å². The lowest BCUT2D eigenvalue weighted by Gasteiger charge is -2.11. The summed E-state index contributed by atoms with van der Waals surface area (Å²) in [5, 5.41) is 13.4. The van der Waals surface area contributed by atoms with Gasteiger partial charge >= 0.3 is 0 Å². The third-order valence-corrected chi connectivity index (χ3v) is 1.75. The minimum atomic E-state index is -0.292. The van der Waals surface area contributed by atoms with Crippen LogP contribution in [0.3, 0.4) is 0 Å². The van der Waals surface area contributed by atoms with Gasteiger partial charge in [0, 0.05) is 24.4 Å². The quantitative estimate of drug-likeness (QED) is 0.740. The van der Waals surface area contributed by atoms with Crippen LogP contribution in [0.15, 0.2) is 12.3 Å². The molecule has 0 fully saturated rings. The first-order valence-corrected chi connectivity index (χ1v) is 4.31. The first kappa shape index (κ1) is 9.26. The second-order valence-electron chi connectivity index (χ2n) is 3.41. The van der Waals surface area contributed by atoms with Crippen LogP contribution in [0.1, 0.15) is 32.5 Å². The van der Waals surface area contributed by atoms with Crippen LogP contribution in [0, 0.1) is 0 Å². The second-order valence-corrected chi connectivity index (χ2v) is 3.41. The number of hydrogen-bond acceptors (Lipinski definition) is 2. The fraction of sp³-hybridized carbons (Fsp3) is 0.667. The van der Waals surface area contributed by atoms with Gasteiger partial charge in [-0.15, -0.1) is 0 Å². The van der Waals surface area contributed by atoms with Crippen molar-refractivity contribution in [3.63, 3.8) is 0 Å². The van der Waals surface area contributed by atoms with Crippen molar-refractivity contribution >= 4 is 0 Å². The number of rotatable bonds is 3. The molecule has 0 aliphatic carbocycles. The lowest BCUT2D eigenvalue weighted by atomic mass is 10.2. The Kier molecular flexibility index (Phi) is 2.87. The lowest BCUT2D eigenvalue weighted by Crippen LogP contribution is -2.12. The van der Waals surface area contributed by atoms with E-state index in [0.29, 0.717) is 12.5 Å². The molecule has 0 aromatic carbocycles. The average Bonchev–Trinajstić information content (AvgIpc) is 2.33. The van der Waals surface area contributed by atoms with Crippen molar-refractivity contribution in [3.05, 3.63) is 18.0 Å². The zero-order valence-electron chi connectivity index (χ0n) is 7.86. The molecule has 0 bridgehead atoms. The van der Waals surface area contributed by atoms with Crippen molar-refractivity contribution < 1.29 is 5.11 Å². The number of aromatic nitrogens is 2. The van der Waals surface area contributed by atoms with Crippen molar-refractivity contribution in [2.45, 2.75) is 39.3 Å². The highest BCUT2D eigenvalue weighted by Crippen LogP contribution is 2.09. The largest absolute Gasteiger partial charge is 0.393 e. The SMILES string of the molecule is CC(C)n1nccc1C[C@@H](C)O. The van der Waals surface area contributed by atoms with Crippen LogP contribution in [0.4, 0.5) is 0 Å². The monoisotopic (exact) mass is 168 g/mol. The molecular formula is C9H16N2O.